The van der Waals surface area contributed by atoms with Crippen LogP contribution in [-0.2, 0) is 11.3 Å². The lowest BCUT2D eigenvalue weighted by Crippen LogP contribution is -2.21. The largest absolute Gasteiger partial charge is 0.495 e. The molecule has 1 rings (SSSR count). The number of benzene rings is 1. The average molecular weight is 270 g/mol. The fourth-order valence-corrected chi connectivity index (χ4v) is 2.00. The van der Waals surface area contributed by atoms with Crippen molar-refractivity contribution in [3.8, 4) is 5.75 Å². The van der Waals surface area contributed by atoms with E-state index in [-0.39, 0.29) is 5.78 Å². The minimum atomic E-state index is 0.214. The molecule has 0 bridgehead atoms. The van der Waals surface area contributed by atoms with Gasteiger partial charge in [0.25, 0.3) is 0 Å². The topological polar surface area (TPSA) is 29.5 Å². The van der Waals surface area contributed by atoms with Crippen molar-refractivity contribution < 1.29 is 9.53 Å². The Kier molecular flexibility index (Phi) is 5.63. The first kappa shape index (κ1) is 15.0. The lowest BCUT2D eigenvalue weighted by atomic mass is 10.1. The number of nitrogens with zero attached hydrogens (tertiary/aromatic N) is 1. The fourth-order valence-electron chi connectivity index (χ4n) is 1.74. The fraction of sp³-hybridized carbons (Fsp3) is 0.500. The van der Waals surface area contributed by atoms with E-state index in [0.29, 0.717) is 17.2 Å². The van der Waals surface area contributed by atoms with Crippen molar-refractivity contribution in [2.75, 3.05) is 20.7 Å². The molecule has 18 heavy (non-hydrogen) atoms. The first-order valence-corrected chi connectivity index (χ1v) is 6.32. The molecule has 1 aromatic rings. The zero-order valence-corrected chi connectivity index (χ0v) is 12.2. The highest BCUT2D eigenvalue weighted by Gasteiger charge is 2.09. The van der Waals surface area contributed by atoms with Crippen molar-refractivity contribution in [1.82, 2.24) is 4.90 Å². The number of aryl methyl sites for hydroxylation is 1. The van der Waals surface area contributed by atoms with E-state index in [1.807, 2.05) is 26.1 Å². The molecule has 4 heteroatoms. The van der Waals surface area contributed by atoms with Crippen LogP contribution in [0.5, 0.6) is 5.75 Å². The van der Waals surface area contributed by atoms with Gasteiger partial charge in [0.05, 0.1) is 12.1 Å². The zero-order valence-electron chi connectivity index (χ0n) is 11.4. The number of carbonyl (C=O) groups excluding carboxylic acids is 1. The first-order valence-electron chi connectivity index (χ1n) is 5.95. The molecule has 0 aliphatic carbocycles. The van der Waals surface area contributed by atoms with Gasteiger partial charge >= 0.3 is 0 Å². The Morgan fingerprint density at radius 1 is 1.44 bits per heavy atom. The molecule has 0 aliphatic rings. The third-order valence-electron chi connectivity index (χ3n) is 2.90. The van der Waals surface area contributed by atoms with E-state index >= 15 is 0 Å². The van der Waals surface area contributed by atoms with Crippen LogP contribution in [0.4, 0.5) is 0 Å². The third-order valence-corrected chi connectivity index (χ3v) is 3.19. The van der Waals surface area contributed by atoms with E-state index in [0.717, 1.165) is 24.2 Å². The van der Waals surface area contributed by atoms with Crippen molar-refractivity contribution in [2.45, 2.75) is 26.8 Å². The predicted molar refractivity (Wildman–Crippen MR) is 74.4 cm³/mol. The molecule has 0 radical (unpaired) electrons. The number of ether oxygens (including phenoxy) is 1. The summed E-state index contributed by atoms with van der Waals surface area (Å²) in [7, 11) is 3.61. The number of ketones is 1. The van der Waals surface area contributed by atoms with Gasteiger partial charge in [0.2, 0.25) is 0 Å². The summed E-state index contributed by atoms with van der Waals surface area (Å²) in [5, 5.41) is 0.623. The van der Waals surface area contributed by atoms with Gasteiger partial charge in [-0.2, -0.15) is 0 Å². The molecule has 3 nitrogen and oxygen atoms in total. The second kappa shape index (κ2) is 6.76. The Labute approximate surface area is 114 Å². The van der Waals surface area contributed by atoms with Crippen molar-refractivity contribution in [2.24, 2.45) is 0 Å². The van der Waals surface area contributed by atoms with Crippen molar-refractivity contribution in [1.29, 1.82) is 0 Å². The monoisotopic (exact) mass is 269 g/mol. The normalized spacial score (nSPS) is 10.8. The van der Waals surface area contributed by atoms with Crippen LogP contribution in [0.1, 0.15) is 24.5 Å². The average Bonchev–Trinajstić information content (AvgIpc) is 2.30. The molecule has 0 heterocycles. The van der Waals surface area contributed by atoms with Gasteiger partial charge in [0, 0.05) is 19.5 Å². The molecule has 0 saturated heterocycles. The molecule has 0 atom stereocenters. The Balaban J connectivity index is 2.72. The van der Waals surface area contributed by atoms with E-state index in [9.17, 15) is 4.79 Å². The van der Waals surface area contributed by atoms with Gasteiger partial charge in [-0.3, -0.25) is 4.79 Å². The Morgan fingerprint density at radius 2 is 2.11 bits per heavy atom. The maximum atomic E-state index is 10.9. The second-order valence-electron chi connectivity index (χ2n) is 4.60. The van der Waals surface area contributed by atoms with Gasteiger partial charge in [0.15, 0.2) is 0 Å². The lowest BCUT2D eigenvalue weighted by molar-refractivity contribution is -0.117. The van der Waals surface area contributed by atoms with Crippen LogP contribution in [0.25, 0.3) is 0 Å². The summed E-state index contributed by atoms with van der Waals surface area (Å²) in [6, 6.07) is 3.87. The Hall–Kier alpha value is -1.06. The first-order chi connectivity index (χ1) is 8.43. The van der Waals surface area contributed by atoms with Gasteiger partial charge in [-0.25, -0.2) is 0 Å². The quantitative estimate of drug-likeness (QED) is 0.795. The van der Waals surface area contributed by atoms with E-state index in [1.54, 1.807) is 14.0 Å². The number of hydrogen-bond donors (Lipinski definition) is 0. The standard InChI is InChI=1S/C14H20ClNO2/c1-10-7-14(18-4)13(15)8-12(10)9-16(3)6-5-11(2)17/h7-8H,5-6,9H2,1-4H3. The van der Waals surface area contributed by atoms with Gasteiger partial charge in [0.1, 0.15) is 11.5 Å². The van der Waals surface area contributed by atoms with Crippen LogP contribution in [0.2, 0.25) is 5.02 Å². The van der Waals surface area contributed by atoms with E-state index in [1.165, 1.54) is 0 Å². The maximum Gasteiger partial charge on any atom is 0.137 e. The van der Waals surface area contributed by atoms with E-state index in [2.05, 4.69) is 4.90 Å². The molecule has 100 valence electrons. The molecule has 1 aromatic carbocycles. The second-order valence-corrected chi connectivity index (χ2v) is 5.01. The van der Waals surface area contributed by atoms with Crippen LogP contribution >= 0.6 is 11.6 Å². The molecule has 0 N–H and O–H groups in total. The van der Waals surface area contributed by atoms with Crippen molar-refractivity contribution >= 4 is 17.4 Å². The highest BCUT2D eigenvalue weighted by Crippen LogP contribution is 2.28. The minimum absolute atomic E-state index is 0.214. The summed E-state index contributed by atoms with van der Waals surface area (Å²) in [6.07, 6.45) is 0.583. The number of hydrogen-bond acceptors (Lipinski definition) is 3. The van der Waals surface area contributed by atoms with Crippen LogP contribution in [-0.4, -0.2) is 31.4 Å². The summed E-state index contributed by atoms with van der Waals surface area (Å²) >= 11 is 6.11. The Bertz CT molecular complexity index is 432. The summed E-state index contributed by atoms with van der Waals surface area (Å²) < 4.78 is 5.17. The lowest BCUT2D eigenvalue weighted by Gasteiger charge is -2.18. The van der Waals surface area contributed by atoms with Crippen LogP contribution in [0, 0.1) is 6.92 Å². The number of halogens is 1. The summed E-state index contributed by atoms with van der Waals surface area (Å²) in [4.78, 5) is 13.1. The third kappa shape index (κ3) is 4.31. The number of rotatable bonds is 6. The van der Waals surface area contributed by atoms with E-state index in [4.69, 9.17) is 16.3 Å². The zero-order chi connectivity index (χ0) is 13.7. The van der Waals surface area contributed by atoms with Gasteiger partial charge in [-0.05, 0) is 44.2 Å². The van der Waals surface area contributed by atoms with Gasteiger partial charge < -0.3 is 9.64 Å². The molecule has 0 unspecified atom stereocenters. The molecule has 0 amide bonds. The highest BCUT2D eigenvalue weighted by molar-refractivity contribution is 6.32. The predicted octanol–water partition coefficient (Wildman–Crippen LogP) is 3.07. The molecule has 0 aromatic heterocycles. The van der Waals surface area contributed by atoms with Gasteiger partial charge in [-0.15, -0.1) is 0 Å². The Morgan fingerprint density at radius 3 is 2.67 bits per heavy atom. The van der Waals surface area contributed by atoms with Crippen molar-refractivity contribution in [3.63, 3.8) is 0 Å². The summed E-state index contributed by atoms with van der Waals surface area (Å²) in [5.41, 5.74) is 2.30. The van der Waals surface area contributed by atoms with Crippen LogP contribution < -0.4 is 4.74 Å². The molecule has 0 fully saturated rings. The summed E-state index contributed by atoms with van der Waals surface area (Å²) in [5.74, 6) is 0.913. The SMILES string of the molecule is COc1cc(C)c(CN(C)CCC(C)=O)cc1Cl. The molecule has 0 saturated carbocycles. The number of carbonyl (C=O) groups is 1. The molecule has 0 aliphatic heterocycles. The van der Waals surface area contributed by atoms with E-state index < -0.39 is 0 Å². The highest BCUT2D eigenvalue weighted by atomic mass is 35.5. The summed E-state index contributed by atoms with van der Waals surface area (Å²) in [6.45, 7) is 5.19. The number of methoxy groups -OCH3 is 1. The molecular formula is C14H20ClNO2. The van der Waals surface area contributed by atoms with Gasteiger partial charge in [-0.1, -0.05) is 11.6 Å². The molecule has 0 spiro atoms. The molecular weight excluding hydrogens is 250 g/mol. The minimum Gasteiger partial charge on any atom is -0.495 e. The van der Waals surface area contributed by atoms with Crippen molar-refractivity contribution in [3.05, 3.63) is 28.3 Å². The van der Waals surface area contributed by atoms with Crippen LogP contribution in [0.3, 0.4) is 0 Å². The van der Waals surface area contributed by atoms with Crippen LogP contribution in [0.15, 0.2) is 12.1 Å². The smallest absolute Gasteiger partial charge is 0.137 e. The maximum absolute atomic E-state index is 10.9. The number of Topliss-reactive ketones (excluding diaryl/α,β-unsaturated/α-hetero) is 1.